The smallest absolute Gasteiger partial charge is 0.209 e. The first-order chi connectivity index (χ1) is 19.8. The highest BCUT2D eigenvalue weighted by Gasteiger charge is 2.18. The highest BCUT2D eigenvalue weighted by molar-refractivity contribution is 7.88. The number of benzene rings is 1. The fourth-order valence-electron chi connectivity index (χ4n) is 4.63. The van der Waals surface area contributed by atoms with Crippen molar-refractivity contribution in [1.82, 2.24) is 45.2 Å². The maximum atomic E-state index is 14.6. The average Bonchev–Trinajstić information content (AvgIpc) is 3.58. The van der Waals surface area contributed by atoms with Crippen LogP contribution < -0.4 is 10.0 Å². The first-order valence-electron chi connectivity index (χ1n) is 12.9. The van der Waals surface area contributed by atoms with Crippen LogP contribution in [-0.2, 0) is 23.1 Å². The zero-order chi connectivity index (χ0) is 28.6. The molecule has 6 rings (SSSR count). The van der Waals surface area contributed by atoms with E-state index in [9.17, 15) is 12.8 Å². The predicted octanol–water partition coefficient (Wildman–Crippen LogP) is 3.92. The number of hydrogen-bond acceptors (Lipinski definition) is 8. The normalized spacial score (nSPS) is 12.0. The second-order valence-corrected chi connectivity index (χ2v) is 11.5. The Balaban J connectivity index is 1.39. The van der Waals surface area contributed by atoms with Gasteiger partial charge in [0.2, 0.25) is 10.0 Å². The van der Waals surface area contributed by atoms with E-state index in [1.807, 2.05) is 12.3 Å². The molecule has 208 valence electrons. The second-order valence-electron chi connectivity index (χ2n) is 9.63. The molecule has 0 amide bonds. The van der Waals surface area contributed by atoms with E-state index in [4.69, 9.17) is 4.98 Å². The number of aromatic nitrogens is 7. The lowest BCUT2D eigenvalue weighted by molar-refractivity contribution is 0.586. The molecule has 4 N–H and O–H groups in total. The molecule has 0 aliphatic rings. The summed E-state index contributed by atoms with van der Waals surface area (Å²) in [7, 11) is -3.43. The van der Waals surface area contributed by atoms with Crippen LogP contribution >= 0.6 is 0 Å². The van der Waals surface area contributed by atoms with Gasteiger partial charge in [-0.05, 0) is 59.6 Å². The first kappa shape index (κ1) is 26.6. The molecule has 0 aliphatic carbocycles. The summed E-state index contributed by atoms with van der Waals surface area (Å²) in [4.78, 5) is 21.4. The summed E-state index contributed by atoms with van der Waals surface area (Å²) in [5.41, 5.74) is 6.71. The number of nitrogens with zero attached hydrogens (tertiary/aromatic N) is 5. The lowest BCUT2D eigenvalue weighted by Gasteiger charge is -2.07. The van der Waals surface area contributed by atoms with E-state index in [1.165, 1.54) is 12.1 Å². The van der Waals surface area contributed by atoms with Crippen molar-refractivity contribution in [3.63, 3.8) is 0 Å². The van der Waals surface area contributed by atoms with Crippen molar-refractivity contribution in [3.05, 3.63) is 78.1 Å². The standard InChI is InChI=1S/C28H26FN9O2S/c1-3-30-11-17-7-19(14-31-12-17)23-10-22-24(15-33-23)37-38-26(22)28-35-25-21(4-5-32-27(25)36-28)18-6-16(8-20(29)9-18)13-34-41(2,39)40/h4-10,12,14-15,30,34H,3,11,13H2,1-2H3,(H,37,38)(H,32,35,36). The number of imidazole rings is 1. The summed E-state index contributed by atoms with van der Waals surface area (Å²) < 4.78 is 40.0. The molecule has 0 aliphatic heterocycles. The molecular weight excluding hydrogens is 545 g/mol. The van der Waals surface area contributed by atoms with Gasteiger partial charge in [-0.3, -0.25) is 15.1 Å². The lowest BCUT2D eigenvalue weighted by Crippen LogP contribution is -2.21. The first-order valence-corrected chi connectivity index (χ1v) is 14.8. The van der Waals surface area contributed by atoms with Crippen molar-refractivity contribution in [3.8, 4) is 33.9 Å². The molecule has 0 radical (unpaired) electrons. The largest absolute Gasteiger partial charge is 0.321 e. The maximum absolute atomic E-state index is 14.6. The van der Waals surface area contributed by atoms with Gasteiger partial charge in [-0.15, -0.1) is 0 Å². The molecule has 11 nitrogen and oxygen atoms in total. The molecule has 1 aromatic carbocycles. The Morgan fingerprint density at radius 3 is 2.66 bits per heavy atom. The molecule has 0 saturated carbocycles. The number of pyridine rings is 3. The van der Waals surface area contributed by atoms with Crippen LogP contribution in [0.5, 0.6) is 0 Å². The number of H-pyrrole nitrogens is 2. The number of rotatable bonds is 9. The number of hydrogen-bond donors (Lipinski definition) is 4. The summed E-state index contributed by atoms with van der Waals surface area (Å²) >= 11 is 0. The summed E-state index contributed by atoms with van der Waals surface area (Å²) in [6.45, 7) is 3.60. The zero-order valence-electron chi connectivity index (χ0n) is 22.2. The third-order valence-corrected chi connectivity index (χ3v) is 7.20. The molecule has 0 unspecified atom stereocenters. The van der Waals surface area contributed by atoms with Gasteiger partial charge in [-0.25, -0.2) is 27.5 Å². The van der Waals surface area contributed by atoms with Crippen LogP contribution in [0.1, 0.15) is 18.1 Å². The molecule has 6 aromatic rings. The topological polar surface area (TPSA) is 154 Å². The Morgan fingerprint density at radius 1 is 0.976 bits per heavy atom. The molecule has 5 heterocycles. The van der Waals surface area contributed by atoms with Crippen molar-refractivity contribution in [2.24, 2.45) is 0 Å². The Morgan fingerprint density at radius 2 is 1.83 bits per heavy atom. The molecule has 0 spiro atoms. The molecule has 5 aromatic heterocycles. The van der Waals surface area contributed by atoms with Crippen LogP contribution in [0, 0.1) is 5.82 Å². The summed E-state index contributed by atoms with van der Waals surface area (Å²) in [5, 5.41) is 11.6. The minimum atomic E-state index is -3.43. The van der Waals surface area contributed by atoms with Gasteiger partial charge in [-0.1, -0.05) is 6.92 Å². The Labute approximate surface area is 234 Å². The second kappa shape index (κ2) is 10.8. The number of aromatic amines is 2. The number of nitrogens with one attached hydrogen (secondary N) is 4. The van der Waals surface area contributed by atoms with Gasteiger partial charge in [0.05, 0.1) is 23.7 Å². The van der Waals surface area contributed by atoms with E-state index in [0.29, 0.717) is 45.9 Å². The maximum Gasteiger partial charge on any atom is 0.209 e. The van der Waals surface area contributed by atoms with E-state index >= 15 is 0 Å². The van der Waals surface area contributed by atoms with E-state index in [-0.39, 0.29) is 6.54 Å². The highest BCUT2D eigenvalue weighted by Crippen LogP contribution is 2.32. The van der Waals surface area contributed by atoms with E-state index in [1.54, 1.807) is 30.7 Å². The number of fused-ring (bicyclic) bond motifs is 2. The van der Waals surface area contributed by atoms with E-state index in [0.717, 1.165) is 40.5 Å². The number of sulfonamides is 1. The van der Waals surface area contributed by atoms with Crippen LogP contribution in [0.25, 0.3) is 56.0 Å². The fraction of sp³-hybridized carbons (Fsp3) is 0.179. The Bertz CT molecular complexity index is 2000. The molecule has 0 atom stereocenters. The monoisotopic (exact) mass is 571 g/mol. The van der Waals surface area contributed by atoms with Crippen LogP contribution in [0.15, 0.2) is 61.2 Å². The van der Waals surface area contributed by atoms with Gasteiger partial charge >= 0.3 is 0 Å². The van der Waals surface area contributed by atoms with Crippen molar-refractivity contribution in [2.75, 3.05) is 12.8 Å². The van der Waals surface area contributed by atoms with E-state index in [2.05, 4.69) is 53.2 Å². The van der Waals surface area contributed by atoms with Gasteiger partial charge < -0.3 is 10.3 Å². The summed E-state index contributed by atoms with van der Waals surface area (Å²) in [6.07, 6.45) is 8.00. The zero-order valence-corrected chi connectivity index (χ0v) is 23.1. The molecule has 0 bridgehead atoms. The van der Waals surface area contributed by atoms with Crippen molar-refractivity contribution < 1.29 is 12.8 Å². The highest BCUT2D eigenvalue weighted by atomic mass is 32.2. The lowest BCUT2D eigenvalue weighted by atomic mass is 10.0. The van der Waals surface area contributed by atoms with Crippen LogP contribution in [0.3, 0.4) is 0 Å². The van der Waals surface area contributed by atoms with E-state index < -0.39 is 15.8 Å². The van der Waals surface area contributed by atoms with Gasteiger partial charge in [-0.2, -0.15) is 5.10 Å². The van der Waals surface area contributed by atoms with Crippen LogP contribution in [0.2, 0.25) is 0 Å². The Kier molecular flexibility index (Phi) is 6.99. The van der Waals surface area contributed by atoms with Crippen molar-refractivity contribution in [1.29, 1.82) is 0 Å². The average molecular weight is 572 g/mol. The molecule has 13 heteroatoms. The SMILES string of the molecule is CCNCc1cncc(-c2cc3c(-c4nc5c(-c6cc(F)cc(CNS(C)(=O)=O)c6)ccnc5[nH]4)n[nH]c3cn2)c1. The van der Waals surface area contributed by atoms with Gasteiger partial charge in [0, 0.05) is 48.2 Å². The van der Waals surface area contributed by atoms with Crippen LogP contribution in [0.4, 0.5) is 4.39 Å². The van der Waals surface area contributed by atoms with Gasteiger partial charge in [0.25, 0.3) is 0 Å². The van der Waals surface area contributed by atoms with Gasteiger partial charge in [0.15, 0.2) is 11.5 Å². The molecule has 41 heavy (non-hydrogen) atoms. The van der Waals surface area contributed by atoms with Crippen LogP contribution in [-0.4, -0.2) is 56.3 Å². The summed E-state index contributed by atoms with van der Waals surface area (Å²) in [6, 6.07) is 10.1. The fourth-order valence-corrected chi connectivity index (χ4v) is 5.06. The van der Waals surface area contributed by atoms with Crippen molar-refractivity contribution in [2.45, 2.75) is 20.0 Å². The molecular formula is C28H26FN9O2S. The molecule has 0 saturated heterocycles. The molecule has 0 fully saturated rings. The number of halogens is 1. The quantitative estimate of drug-likeness (QED) is 0.204. The predicted molar refractivity (Wildman–Crippen MR) is 154 cm³/mol. The minimum absolute atomic E-state index is 0.0349. The minimum Gasteiger partial charge on any atom is -0.321 e. The van der Waals surface area contributed by atoms with Crippen molar-refractivity contribution >= 4 is 32.1 Å². The third kappa shape index (κ3) is 5.68. The van der Waals surface area contributed by atoms with Gasteiger partial charge in [0.1, 0.15) is 17.0 Å². The third-order valence-electron chi connectivity index (χ3n) is 6.53. The summed E-state index contributed by atoms with van der Waals surface area (Å²) in [5.74, 6) is -0.00590. The Hall–Kier alpha value is -4.59.